The molecule has 0 bridgehead atoms. The number of nitrogens with zero attached hydrogens (tertiary/aromatic N) is 2. The fraction of sp³-hybridized carbons (Fsp3) is 0.846. The maximum absolute atomic E-state index is 12.6. The van der Waals surface area contributed by atoms with Crippen LogP contribution >= 0.6 is 11.8 Å². The van der Waals surface area contributed by atoms with E-state index in [-0.39, 0.29) is 35.4 Å². The van der Waals surface area contributed by atoms with Gasteiger partial charge in [-0.3, -0.25) is 9.59 Å². The van der Waals surface area contributed by atoms with Crippen LogP contribution in [0.2, 0.25) is 0 Å². The maximum Gasteiger partial charge on any atom is 0.246 e. The molecule has 2 aliphatic rings. The number of carbonyl (C=O) groups is 2. The SMILES string of the molecule is CC(C)N(CCO)C(=O)C1CSC2(C)CCC(=O)N12. The first-order valence-electron chi connectivity index (χ1n) is 6.78. The van der Waals surface area contributed by atoms with Crippen molar-refractivity contribution < 1.29 is 14.7 Å². The van der Waals surface area contributed by atoms with E-state index in [0.717, 1.165) is 6.42 Å². The van der Waals surface area contributed by atoms with Crippen LogP contribution in [0.5, 0.6) is 0 Å². The fourth-order valence-corrected chi connectivity index (χ4v) is 4.35. The van der Waals surface area contributed by atoms with Gasteiger partial charge in [0.1, 0.15) is 6.04 Å². The van der Waals surface area contributed by atoms with Crippen molar-refractivity contribution in [2.24, 2.45) is 0 Å². The standard InChI is InChI=1S/C13H22N2O3S/c1-9(2)14(6-7-16)12(18)10-8-19-13(3)5-4-11(17)15(10)13/h9-10,16H,4-8H2,1-3H3. The first-order chi connectivity index (χ1) is 8.90. The lowest BCUT2D eigenvalue weighted by molar-refractivity contribution is -0.145. The third-order valence-electron chi connectivity index (χ3n) is 3.98. The van der Waals surface area contributed by atoms with Gasteiger partial charge in [0.2, 0.25) is 11.8 Å². The van der Waals surface area contributed by atoms with Crippen LogP contribution in [0.15, 0.2) is 0 Å². The predicted molar refractivity (Wildman–Crippen MR) is 74.7 cm³/mol. The second-order valence-electron chi connectivity index (χ2n) is 5.61. The highest BCUT2D eigenvalue weighted by atomic mass is 32.2. The van der Waals surface area contributed by atoms with Gasteiger partial charge in [0, 0.05) is 24.8 Å². The molecule has 19 heavy (non-hydrogen) atoms. The van der Waals surface area contributed by atoms with Gasteiger partial charge in [-0.1, -0.05) is 0 Å². The topological polar surface area (TPSA) is 60.9 Å². The van der Waals surface area contributed by atoms with E-state index < -0.39 is 0 Å². The molecule has 108 valence electrons. The van der Waals surface area contributed by atoms with Crippen LogP contribution in [0.1, 0.15) is 33.6 Å². The van der Waals surface area contributed by atoms with Gasteiger partial charge in [-0.25, -0.2) is 0 Å². The third kappa shape index (κ3) is 2.48. The molecule has 2 unspecified atom stereocenters. The zero-order chi connectivity index (χ0) is 14.2. The summed E-state index contributed by atoms with van der Waals surface area (Å²) in [5.74, 6) is 0.712. The molecular weight excluding hydrogens is 264 g/mol. The highest BCUT2D eigenvalue weighted by Crippen LogP contribution is 2.47. The van der Waals surface area contributed by atoms with E-state index in [4.69, 9.17) is 5.11 Å². The molecule has 2 fully saturated rings. The Morgan fingerprint density at radius 3 is 2.89 bits per heavy atom. The van der Waals surface area contributed by atoms with Crippen molar-refractivity contribution in [1.29, 1.82) is 0 Å². The fourth-order valence-electron chi connectivity index (χ4n) is 2.93. The number of hydrogen-bond acceptors (Lipinski definition) is 4. The van der Waals surface area contributed by atoms with Crippen LogP contribution in [-0.2, 0) is 9.59 Å². The lowest BCUT2D eigenvalue weighted by Crippen LogP contribution is -2.53. The van der Waals surface area contributed by atoms with Crippen LogP contribution in [-0.4, -0.2) is 62.6 Å². The summed E-state index contributed by atoms with van der Waals surface area (Å²) in [6, 6.07) is -0.326. The molecule has 0 radical (unpaired) electrons. The van der Waals surface area contributed by atoms with Gasteiger partial charge in [-0.05, 0) is 27.2 Å². The van der Waals surface area contributed by atoms with Crippen molar-refractivity contribution >= 4 is 23.6 Å². The summed E-state index contributed by atoms with van der Waals surface area (Å²) < 4.78 is 0. The first kappa shape index (κ1) is 14.7. The van der Waals surface area contributed by atoms with Crippen molar-refractivity contribution in [2.75, 3.05) is 18.9 Å². The van der Waals surface area contributed by atoms with Gasteiger partial charge in [0.05, 0.1) is 11.5 Å². The molecular formula is C13H22N2O3S. The van der Waals surface area contributed by atoms with Crippen LogP contribution < -0.4 is 0 Å². The average Bonchev–Trinajstić information content (AvgIpc) is 2.83. The number of rotatable bonds is 4. The second kappa shape index (κ2) is 5.32. The zero-order valence-corrected chi connectivity index (χ0v) is 12.6. The smallest absolute Gasteiger partial charge is 0.246 e. The third-order valence-corrected chi connectivity index (χ3v) is 5.48. The average molecular weight is 286 g/mol. The van der Waals surface area contributed by atoms with Gasteiger partial charge in [0.15, 0.2) is 0 Å². The van der Waals surface area contributed by atoms with Crippen molar-refractivity contribution in [2.45, 2.75) is 50.6 Å². The molecule has 2 rings (SSSR count). The van der Waals surface area contributed by atoms with Crippen molar-refractivity contribution in [3.8, 4) is 0 Å². The minimum Gasteiger partial charge on any atom is -0.395 e. The van der Waals surface area contributed by atoms with Crippen molar-refractivity contribution in [3.05, 3.63) is 0 Å². The monoisotopic (exact) mass is 286 g/mol. The summed E-state index contributed by atoms with van der Waals surface area (Å²) in [5.41, 5.74) is 0. The van der Waals surface area contributed by atoms with Gasteiger partial charge in [-0.15, -0.1) is 11.8 Å². The Bertz CT molecular complexity index is 388. The molecule has 5 nitrogen and oxygen atoms in total. The molecule has 6 heteroatoms. The van der Waals surface area contributed by atoms with Gasteiger partial charge >= 0.3 is 0 Å². The Balaban J connectivity index is 2.17. The summed E-state index contributed by atoms with van der Waals surface area (Å²) in [4.78, 5) is 27.9. The second-order valence-corrected chi connectivity index (χ2v) is 7.12. The van der Waals surface area contributed by atoms with Crippen LogP contribution in [0.3, 0.4) is 0 Å². The van der Waals surface area contributed by atoms with Crippen molar-refractivity contribution in [3.63, 3.8) is 0 Å². The maximum atomic E-state index is 12.6. The molecule has 0 aromatic rings. The molecule has 0 aromatic heterocycles. The van der Waals surface area contributed by atoms with E-state index in [1.165, 1.54) is 0 Å². The first-order valence-corrected chi connectivity index (χ1v) is 7.77. The van der Waals surface area contributed by atoms with Crippen LogP contribution in [0, 0.1) is 0 Å². The quantitative estimate of drug-likeness (QED) is 0.825. The molecule has 2 aliphatic heterocycles. The highest BCUT2D eigenvalue weighted by Gasteiger charge is 2.53. The normalized spacial score (nSPS) is 30.1. The van der Waals surface area contributed by atoms with Crippen molar-refractivity contribution in [1.82, 2.24) is 9.80 Å². The number of amides is 2. The van der Waals surface area contributed by atoms with Crippen LogP contribution in [0.4, 0.5) is 0 Å². The summed E-state index contributed by atoms with van der Waals surface area (Å²) >= 11 is 1.70. The predicted octanol–water partition coefficient (Wildman–Crippen LogP) is 0.670. The van der Waals surface area contributed by atoms with E-state index in [1.807, 2.05) is 20.8 Å². The van der Waals surface area contributed by atoms with Crippen LogP contribution in [0.25, 0.3) is 0 Å². The highest BCUT2D eigenvalue weighted by molar-refractivity contribution is 8.01. The molecule has 2 heterocycles. The van der Waals surface area contributed by atoms with E-state index >= 15 is 0 Å². The number of carbonyl (C=O) groups excluding carboxylic acids is 2. The molecule has 2 saturated heterocycles. The number of aliphatic hydroxyl groups is 1. The molecule has 0 spiro atoms. The van der Waals surface area contributed by atoms with E-state index in [2.05, 4.69) is 0 Å². The van der Waals surface area contributed by atoms with Gasteiger partial charge < -0.3 is 14.9 Å². The Hall–Kier alpha value is -0.750. The number of aliphatic hydroxyl groups excluding tert-OH is 1. The molecule has 1 N–H and O–H groups in total. The Morgan fingerprint density at radius 1 is 1.63 bits per heavy atom. The molecule has 0 aliphatic carbocycles. The number of fused-ring (bicyclic) bond motifs is 1. The molecule has 2 atom stereocenters. The largest absolute Gasteiger partial charge is 0.395 e. The minimum atomic E-state index is -0.362. The van der Waals surface area contributed by atoms with E-state index in [0.29, 0.717) is 18.7 Å². The lowest BCUT2D eigenvalue weighted by Gasteiger charge is -2.34. The molecule has 0 saturated carbocycles. The Labute approximate surface area is 118 Å². The van der Waals surface area contributed by atoms with E-state index in [9.17, 15) is 9.59 Å². The Morgan fingerprint density at radius 2 is 2.32 bits per heavy atom. The summed E-state index contributed by atoms with van der Waals surface area (Å²) in [5, 5.41) is 9.09. The number of thioether (sulfide) groups is 1. The summed E-state index contributed by atoms with van der Waals surface area (Å²) in [7, 11) is 0. The van der Waals surface area contributed by atoms with Gasteiger partial charge in [0.25, 0.3) is 0 Å². The van der Waals surface area contributed by atoms with E-state index in [1.54, 1.807) is 21.6 Å². The minimum absolute atomic E-state index is 0.0319. The number of hydrogen-bond donors (Lipinski definition) is 1. The summed E-state index contributed by atoms with van der Waals surface area (Å²) in [6.45, 7) is 6.19. The zero-order valence-electron chi connectivity index (χ0n) is 11.8. The molecule has 0 aromatic carbocycles. The lowest BCUT2D eigenvalue weighted by atomic mass is 10.2. The Kier molecular flexibility index (Phi) is 4.11. The van der Waals surface area contributed by atoms with Gasteiger partial charge in [-0.2, -0.15) is 0 Å². The molecule has 2 amide bonds. The summed E-state index contributed by atoms with van der Waals surface area (Å²) in [6.07, 6.45) is 1.36.